The maximum atomic E-state index is 12.7. The van der Waals surface area contributed by atoms with E-state index in [0.29, 0.717) is 19.3 Å². The Morgan fingerprint density at radius 3 is 1.07 bits per heavy atom. The van der Waals surface area contributed by atoms with Gasteiger partial charge < -0.3 is 14.2 Å². The molecule has 0 aliphatic carbocycles. The van der Waals surface area contributed by atoms with Gasteiger partial charge in [-0.2, -0.15) is 0 Å². The van der Waals surface area contributed by atoms with Crippen molar-refractivity contribution in [3.05, 3.63) is 36.5 Å². The first-order chi connectivity index (χ1) is 28.0. The van der Waals surface area contributed by atoms with Gasteiger partial charge in [0.1, 0.15) is 13.2 Å². The molecule has 0 fully saturated rings. The molecule has 0 aliphatic heterocycles. The molecule has 332 valence electrons. The summed E-state index contributed by atoms with van der Waals surface area (Å²) in [6, 6.07) is 0. The van der Waals surface area contributed by atoms with Crippen molar-refractivity contribution in [3.63, 3.8) is 0 Å². The number of ether oxygens (including phenoxy) is 3. The van der Waals surface area contributed by atoms with E-state index >= 15 is 0 Å². The summed E-state index contributed by atoms with van der Waals surface area (Å²) >= 11 is 0. The molecule has 0 aromatic carbocycles. The van der Waals surface area contributed by atoms with Gasteiger partial charge in [0.2, 0.25) is 0 Å². The minimum absolute atomic E-state index is 0.0739. The Morgan fingerprint density at radius 1 is 0.368 bits per heavy atom. The molecule has 6 heteroatoms. The van der Waals surface area contributed by atoms with E-state index < -0.39 is 6.10 Å². The lowest BCUT2D eigenvalue weighted by Gasteiger charge is -2.18. The van der Waals surface area contributed by atoms with Crippen molar-refractivity contribution in [1.29, 1.82) is 0 Å². The maximum absolute atomic E-state index is 12.7. The fraction of sp³-hybridized carbons (Fsp3) is 0.824. The second-order valence-electron chi connectivity index (χ2n) is 16.4. The van der Waals surface area contributed by atoms with Gasteiger partial charge in [-0.1, -0.05) is 218 Å². The molecule has 1 atom stereocenters. The van der Waals surface area contributed by atoms with Crippen LogP contribution in [0.3, 0.4) is 0 Å². The quantitative estimate of drug-likeness (QED) is 0.0264. The molecule has 0 spiro atoms. The van der Waals surface area contributed by atoms with E-state index in [2.05, 4.69) is 57.2 Å². The number of rotatable bonds is 44. The van der Waals surface area contributed by atoms with Gasteiger partial charge in [-0.05, 0) is 51.4 Å². The lowest BCUT2D eigenvalue weighted by atomic mass is 10.0. The Morgan fingerprint density at radius 2 is 0.684 bits per heavy atom. The van der Waals surface area contributed by atoms with Crippen LogP contribution in [0.4, 0.5) is 0 Å². The predicted molar refractivity (Wildman–Crippen MR) is 242 cm³/mol. The van der Waals surface area contributed by atoms with Crippen LogP contribution in [0, 0.1) is 0 Å². The van der Waals surface area contributed by atoms with Gasteiger partial charge in [-0.25, -0.2) is 0 Å². The van der Waals surface area contributed by atoms with Crippen LogP contribution in [-0.2, 0) is 28.6 Å². The number of carbonyl (C=O) groups is 3. The zero-order valence-corrected chi connectivity index (χ0v) is 37.9. The predicted octanol–water partition coefficient (Wildman–Crippen LogP) is 15.8. The highest BCUT2D eigenvalue weighted by Crippen LogP contribution is 2.15. The number of carbonyl (C=O) groups excluding carboxylic acids is 3. The lowest BCUT2D eigenvalue weighted by molar-refractivity contribution is -0.167. The van der Waals surface area contributed by atoms with Crippen LogP contribution in [-0.4, -0.2) is 37.2 Å². The molecule has 0 bridgehead atoms. The molecule has 0 aliphatic rings. The van der Waals surface area contributed by atoms with Crippen LogP contribution in [0.2, 0.25) is 0 Å². The third-order valence-corrected chi connectivity index (χ3v) is 10.7. The molecule has 0 saturated carbocycles. The van der Waals surface area contributed by atoms with E-state index in [-0.39, 0.29) is 31.1 Å². The molecular formula is C51H92O6. The van der Waals surface area contributed by atoms with Gasteiger partial charge in [0.25, 0.3) is 0 Å². The average molecular weight is 801 g/mol. The smallest absolute Gasteiger partial charge is 0.306 e. The number of hydrogen-bond donors (Lipinski definition) is 0. The molecule has 0 amide bonds. The molecule has 0 saturated heterocycles. The first-order valence-corrected chi connectivity index (χ1v) is 24.5. The Bertz CT molecular complexity index is 969. The SMILES string of the molecule is CC/C=C\C/C=C\C/C=C\CCCCCCCC(=O)OC[C@H](COC(=O)CCCCCCCCCCCCC)OC(=O)CCCCCCCCCCCCCCC. The molecule has 0 heterocycles. The van der Waals surface area contributed by atoms with E-state index in [1.807, 2.05) is 0 Å². The van der Waals surface area contributed by atoms with E-state index in [0.717, 1.165) is 96.3 Å². The summed E-state index contributed by atoms with van der Waals surface area (Å²) in [4.78, 5) is 37.8. The van der Waals surface area contributed by atoms with Crippen molar-refractivity contribution >= 4 is 17.9 Å². The topological polar surface area (TPSA) is 78.9 Å². The molecule has 0 radical (unpaired) electrons. The number of esters is 3. The van der Waals surface area contributed by atoms with Crippen LogP contribution in [0.25, 0.3) is 0 Å². The summed E-state index contributed by atoms with van der Waals surface area (Å²) in [5.41, 5.74) is 0. The number of allylic oxidation sites excluding steroid dienone is 6. The van der Waals surface area contributed by atoms with Crippen LogP contribution >= 0.6 is 0 Å². The highest BCUT2D eigenvalue weighted by atomic mass is 16.6. The molecule has 0 unspecified atom stereocenters. The zero-order valence-electron chi connectivity index (χ0n) is 37.9. The fourth-order valence-corrected chi connectivity index (χ4v) is 6.99. The summed E-state index contributed by atoms with van der Waals surface area (Å²) < 4.78 is 16.7. The van der Waals surface area contributed by atoms with E-state index in [9.17, 15) is 14.4 Å². The molecule has 0 aromatic rings. The van der Waals surface area contributed by atoms with Crippen molar-refractivity contribution in [2.24, 2.45) is 0 Å². The van der Waals surface area contributed by atoms with Gasteiger partial charge in [-0.3, -0.25) is 14.4 Å². The van der Waals surface area contributed by atoms with E-state index in [1.54, 1.807) is 0 Å². The second kappa shape index (κ2) is 46.3. The first kappa shape index (κ1) is 54.6. The van der Waals surface area contributed by atoms with Crippen molar-refractivity contribution in [1.82, 2.24) is 0 Å². The van der Waals surface area contributed by atoms with Crippen LogP contribution in [0.1, 0.15) is 252 Å². The highest BCUT2D eigenvalue weighted by Gasteiger charge is 2.19. The molecule has 57 heavy (non-hydrogen) atoms. The minimum atomic E-state index is -0.772. The van der Waals surface area contributed by atoms with Crippen LogP contribution < -0.4 is 0 Å². The Hall–Kier alpha value is -2.37. The normalized spacial score (nSPS) is 12.3. The van der Waals surface area contributed by atoms with E-state index in [4.69, 9.17) is 14.2 Å². The number of hydrogen-bond acceptors (Lipinski definition) is 6. The van der Waals surface area contributed by atoms with Gasteiger partial charge in [0, 0.05) is 19.3 Å². The standard InChI is InChI=1S/C51H92O6/c1-4-7-10-13-16-19-22-24-25-27-29-32-35-38-41-44-50(53)56-47-48(46-55-49(52)43-40-37-34-31-28-21-18-15-12-9-6-3)57-51(54)45-42-39-36-33-30-26-23-20-17-14-11-8-5-2/h7,10,16,19,24-25,48H,4-6,8-9,11-15,17-18,20-23,26-47H2,1-3H3/b10-7-,19-16-,25-24-/t48-/m0/s1. The van der Waals surface area contributed by atoms with Gasteiger partial charge in [0.15, 0.2) is 6.10 Å². The zero-order chi connectivity index (χ0) is 41.5. The van der Waals surface area contributed by atoms with Crippen molar-refractivity contribution in [2.75, 3.05) is 13.2 Å². The summed E-state index contributed by atoms with van der Waals surface area (Å²) in [6.45, 7) is 6.51. The van der Waals surface area contributed by atoms with Gasteiger partial charge in [0.05, 0.1) is 0 Å². The Balaban J connectivity index is 4.37. The fourth-order valence-electron chi connectivity index (χ4n) is 6.99. The maximum Gasteiger partial charge on any atom is 0.306 e. The van der Waals surface area contributed by atoms with Crippen molar-refractivity contribution in [3.8, 4) is 0 Å². The van der Waals surface area contributed by atoms with Crippen molar-refractivity contribution < 1.29 is 28.6 Å². The number of unbranched alkanes of at least 4 members (excludes halogenated alkanes) is 27. The summed E-state index contributed by atoms with van der Waals surface area (Å²) in [7, 11) is 0. The Kier molecular flexibility index (Phi) is 44.4. The summed E-state index contributed by atoms with van der Waals surface area (Å²) in [5.74, 6) is -0.884. The van der Waals surface area contributed by atoms with E-state index in [1.165, 1.54) is 116 Å². The minimum Gasteiger partial charge on any atom is -0.462 e. The molecular weight excluding hydrogens is 709 g/mol. The van der Waals surface area contributed by atoms with Gasteiger partial charge in [-0.15, -0.1) is 0 Å². The molecule has 6 nitrogen and oxygen atoms in total. The lowest BCUT2D eigenvalue weighted by Crippen LogP contribution is -2.30. The highest BCUT2D eigenvalue weighted by molar-refractivity contribution is 5.71. The summed E-state index contributed by atoms with van der Waals surface area (Å²) in [5, 5.41) is 0. The van der Waals surface area contributed by atoms with Crippen molar-refractivity contribution in [2.45, 2.75) is 258 Å². The second-order valence-corrected chi connectivity index (χ2v) is 16.4. The summed E-state index contributed by atoms with van der Waals surface area (Å²) in [6.07, 6.45) is 52.6. The largest absolute Gasteiger partial charge is 0.462 e. The average Bonchev–Trinajstić information content (AvgIpc) is 3.21. The molecule has 0 rings (SSSR count). The monoisotopic (exact) mass is 801 g/mol. The van der Waals surface area contributed by atoms with Crippen LogP contribution in [0.5, 0.6) is 0 Å². The Labute approximate surface area is 353 Å². The molecule has 0 aromatic heterocycles. The van der Waals surface area contributed by atoms with Gasteiger partial charge >= 0.3 is 17.9 Å². The molecule has 0 N–H and O–H groups in total. The third kappa shape index (κ3) is 44.6. The third-order valence-electron chi connectivity index (χ3n) is 10.7. The van der Waals surface area contributed by atoms with Crippen LogP contribution in [0.15, 0.2) is 36.5 Å². The first-order valence-electron chi connectivity index (χ1n) is 24.5.